The Morgan fingerprint density at radius 3 is 2.70 bits per heavy atom. The lowest BCUT2D eigenvalue weighted by Crippen LogP contribution is -2.46. The maximum atomic E-state index is 13.6. The van der Waals surface area contributed by atoms with E-state index in [2.05, 4.69) is 0 Å². The van der Waals surface area contributed by atoms with Gasteiger partial charge in [-0.3, -0.25) is 14.5 Å². The van der Waals surface area contributed by atoms with E-state index in [1.54, 1.807) is 19.2 Å². The molecule has 0 radical (unpaired) electrons. The summed E-state index contributed by atoms with van der Waals surface area (Å²) in [5.74, 6) is -1.60. The summed E-state index contributed by atoms with van der Waals surface area (Å²) in [6.07, 6.45) is -0.124. The van der Waals surface area contributed by atoms with Crippen molar-refractivity contribution in [1.82, 2.24) is 9.80 Å². The molecular weight excluding hydrogens is 303 g/mol. The van der Waals surface area contributed by atoms with Crippen molar-refractivity contribution in [2.24, 2.45) is 0 Å². The summed E-state index contributed by atoms with van der Waals surface area (Å²) < 4.78 is 18.9. The Balaban J connectivity index is 2.21. The van der Waals surface area contributed by atoms with Gasteiger partial charge in [0.2, 0.25) is 5.91 Å². The van der Waals surface area contributed by atoms with Crippen LogP contribution in [0, 0.1) is 5.82 Å². The van der Waals surface area contributed by atoms with Crippen LogP contribution < -0.4 is 0 Å². The molecule has 1 aromatic rings. The second kappa shape index (κ2) is 8.03. The minimum atomic E-state index is -0.960. The molecule has 0 bridgehead atoms. The molecule has 1 N–H and O–H groups in total. The van der Waals surface area contributed by atoms with Crippen LogP contribution in [0.5, 0.6) is 0 Å². The molecule has 1 aliphatic heterocycles. The van der Waals surface area contributed by atoms with Crippen molar-refractivity contribution in [3.05, 3.63) is 35.6 Å². The number of carboxylic acids is 1. The van der Waals surface area contributed by atoms with Crippen LogP contribution in [0.15, 0.2) is 24.3 Å². The molecule has 126 valence electrons. The van der Waals surface area contributed by atoms with Crippen molar-refractivity contribution in [3.8, 4) is 0 Å². The molecule has 0 spiro atoms. The lowest BCUT2D eigenvalue weighted by Gasteiger charge is -2.35. The monoisotopic (exact) mass is 324 g/mol. The Morgan fingerprint density at radius 1 is 1.39 bits per heavy atom. The first kappa shape index (κ1) is 17.4. The average Bonchev–Trinajstić information content (AvgIpc) is 2.54. The van der Waals surface area contributed by atoms with Crippen LogP contribution in [0.3, 0.4) is 0 Å². The summed E-state index contributed by atoms with van der Waals surface area (Å²) in [7, 11) is 1.57. The third-order valence-electron chi connectivity index (χ3n) is 3.85. The third-order valence-corrected chi connectivity index (χ3v) is 3.85. The van der Waals surface area contributed by atoms with Crippen molar-refractivity contribution in [2.75, 3.05) is 39.9 Å². The smallest absolute Gasteiger partial charge is 0.305 e. The van der Waals surface area contributed by atoms with Gasteiger partial charge in [-0.25, -0.2) is 4.39 Å². The van der Waals surface area contributed by atoms with Crippen LogP contribution in [0.25, 0.3) is 0 Å². The molecule has 0 aliphatic carbocycles. The highest BCUT2D eigenvalue weighted by Crippen LogP contribution is 2.24. The van der Waals surface area contributed by atoms with Gasteiger partial charge in [0.15, 0.2) is 0 Å². The molecule has 1 fully saturated rings. The lowest BCUT2D eigenvalue weighted by atomic mass is 10.0. The van der Waals surface area contributed by atoms with E-state index in [4.69, 9.17) is 9.84 Å². The van der Waals surface area contributed by atoms with Gasteiger partial charge in [-0.2, -0.15) is 0 Å². The zero-order chi connectivity index (χ0) is 16.8. The lowest BCUT2D eigenvalue weighted by molar-refractivity contribution is -0.140. The fourth-order valence-corrected chi connectivity index (χ4v) is 2.60. The van der Waals surface area contributed by atoms with E-state index in [-0.39, 0.29) is 18.9 Å². The van der Waals surface area contributed by atoms with Crippen molar-refractivity contribution in [3.63, 3.8) is 0 Å². The number of rotatable bonds is 6. The Morgan fingerprint density at radius 2 is 2.09 bits per heavy atom. The second-order valence-electron chi connectivity index (χ2n) is 5.51. The van der Waals surface area contributed by atoms with Crippen LogP contribution in [-0.2, 0) is 14.3 Å². The first-order valence-corrected chi connectivity index (χ1v) is 7.53. The fourth-order valence-electron chi connectivity index (χ4n) is 2.60. The van der Waals surface area contributed by atoms with Crippen molar-refractivity contribution in [1.29, 1.82) is 0 Å². The number of morpholine rings is 1. The SMILES string of the molecule is CN(CCC(=O)O)C(=O)C(c1cccc(F)c1)N1CCOCC1. The zero-order valence-electron chi connectivity index (χ0n) is 13.1. The van der Waals surface area contributed by atoms with Gasteiger partial charge in [-0.1, -0.05) is 12.1 Å². The first-order chi connectivity index (χ1) is 11.0. The Labute approximate surface area is 134 Å². The van der Waals surface area contributed by atoms with E-state index in [0.717, 1.165) is 0 Å². The number of nitrogens with zero attached hydrogens (tertiary/aromatic N) is 2. The van der Waals surface area contributed by atoms with Gasteiger partial charge in [0.05, 0.1) is 19.6 Å². The highest BCUT2D eigenvalue weighted by Gasteiger charge is 2.31. The van der Waals surface area contributed by atoms with E-state index in [1.807, 2.05) is 4.90 Å². The Bertz CT molecular complexity index is 561. The average molecular weight is 324 g/mol. The second-order valence-corrected chi connectivity index (χ2v) is 5.51. The number of carbonyl (C=O) groups is 2. The van der Waals surface area contributed by atoms with E-state index in [9.17, 15) is 14.0 Å². The predicted molar refractivity (Wildman–Crippen MR) is 81.4 cm³/mol. The fraction of sp³-hybridized carbons (Fsp3) is 0.500. The maximum absolute atomic E-state index is 13.6. The van der Waals surface area contributed by atoms with Crippen LogP contribution in [0.1, 0.15) is 18.0 Å². The molecule has 7 heteroatoms. The third kappa shape index (κ3) is 4.74. The molecule has 1 aromatic carbocycles. The van der Waals surface area contributed by atoms with Crippen LogP contribution >= 0.6 is 0 Å². The molecule has 6 nitrogen and oxygen atoms in total. The van der Waals surface area contributed by atoms with Gasteiger partial charge in [0, 0.05) is 26.7 Å². The Hall–Kier alpha value is -1.99. The van der Waals surface area contributed by atoms with E-state index < -0.39 is 17.8 Å². The number of carboxylic acid groups (broad SMARTS) is 1. The van der Waals surface area contributed by atoms with Gasteiger partial charge >= 0.3 is 5.97 Å². The van der Waals surface area contributed by atoms with E-state index >= 15 is 0 Å². The summed E-state index contributed by atoms with van der Waals surface area (Å²) in [6, 6.07) is 5.34. The molecule has 2 rings (SSSR count). The Kier molecular flexibility index (Phi) is 6.06. The quantitative estimate of drug-likeness (QED) is 0.849. The van der Waals surface area contributed by atoms with Gasteiger partial charge in [-0.05, 0) is 17.7 Å². The summed E-state index contributed by atoms with van der Waals surface area (Å²) in [5, 5.41) is 8.77. The number of aliphatic carboxylic acids is 1. The molecular formula is C16H21FN2O4. The first-order valence-electron chi connectivity index (χ1n) is 7.53. The zero-order valence-corrected chi connectivity index (χ0v) is 13.1. The van der Waals surface area contributed by atoms with Gasteiger partial charge < -0.3 is 14.7 Å². The topological polar surface area (TPSA) is 70.1 Å². The van der Waals surface area contributed by atoms with E-state index in [0.29, 0.717) is 31.9 Å². The maximum Gasteiger partial charge on any atom is 0.305 e. The van der Waals surface area contributed by atoms with Gasteiger partial charge in [-0.15, -0.1) is 0 Å². The molecule has 1 amide bonds. The largest absolute Gasteiger partial charge is 0.481 e. The highest BCUT2D eigenvalue weighted by atomic mass is 19.1. The summed E-state index contributed by atoms with van der Waals surface area (Å²) in [5.41, 5.74) is 0.569. The molecule has 1 saturated heterocycles. The number of carbonyl (C=O) groups excluding carboxylic acids is 1. The summed E-state index contributed by atoms with van der Waals surface area (Å²) in [4.78, 5) is 26.8. The van der Waals surface area contributed by atoms with Gasteiger partial charge in [0.25, 0.3) is 0 Å². The number of ether oxygens (including phenoxy) is 1. The number of hydrogen-bond acceptors (Lipinski definition) is 4. The molecule has 0 saturated carbocycles. The number of hydrogen-bond donors (Lipinski definition) is 1. The summed E-state index contributed by atoms with van der Waals surface area (Å²) in [6.45, 7) is 2.28. The predicted octanol–water partition coefficient (Wildman–Crippen LogP) is 1.13. The molecule has 1 unspecified atom stereocenters. The van der Waals surface area contributed by atoms with Crippen LogP contribution in [-0.4, -0.2) is 66.7 Å². The minimum absolute atomic E-state index is 0.115. The normalized spacial score (nSPS) is 16.8. The number of benzene rings is 1. The van der Waals surface area contributed by atoms with Crippen molar-refractivity contribution in [2.45, 2.75) is 12.5 Å². The molecule has 1 heterocycles. The number of likely N-dealkylation sites (N-methyl/N-ethyl adjacent to an activating group) is 1. The van der Waals surface area contributed by atoms with Crippen LogP contribution in [0.2, 0.25) is 0 Å². The van der Waals surface area contributed by atoms with Gasteiger partial charge in [0.1, 0.15) is 11.9 Å². The standard InChI is InChI=1S/C16H21FN2O4/c1-18(6-5-14(20)21)16(22)15(19-7-9-23-10-8-19)12-3-2-4-13(17)11-12/h2-4,11,15H,5-10H2,1H3,(H,20,21). The minimum Gasteiger partial charge on any atom is -0.481 e. The molecule has 0 aromatic heterocycles. The number of amides is 1. The summed E-state index contributed by atoms with van der Waals surface area (Å²) >= 11 is 0. The van der Waals surface area contributed by atoms with Crippen molar-refractivity contribution >= 4 is 11.9 Å². The number of halogens is 1. The van der Waals surface area contributed by atoms with Crippen molar-refractivity contribution < 1.29 is 23.8 Å². The highest BCUT2D eigenvalue weighted by molar-refractivity contribution is 5.83. The van der Waals surface area contributed by atoms with E-state index in [1.165, 1.54) is 17.0 Å². The molecule has 1 aliphatic rings. The molecule has 1 atom stereocenters. The van der Waals surface area contributed by atoms with Crippen LogP contribution in [0.4, 0.5) is 4.39 Å². The molecule has 23 heavy (non-hydrogen) atoms.